The normalized spacial score (nSPS) is 19.1. The van der Waals surface area contributed by atoms with E-state index in [-0.39, 0.29) is 11.8 Å². The highest BCUT2D eigenvalue weighted by molar-refractivity contribution is 7.80. The molecule has 1 aliphatic carbocycles. The summed E-state index contributed by atoms with van der Waals surface area (Å²) in [6, 6.07) is 0. The van der Waals surface area contributed by atoms with Gasteiger partial charge in [0, 0.05) is 18.9 Å². The second-order valence-corrected chi connectivity index (χ2v) is 5.29. The van der Waals surface area contributed by atoms with Gasteiger partial charge in [0.25, 0.3) is 0 Å². The molecule has 1 saturated carbocycles. The molecule has 1 rings (SSSR count). The Morgan fingerprint density at radius 2 is 2.06 bits per heavy atom. The molecule has 1 atom stereocenters. The minimum atomic E-state index is 0.0882. The van der Waals surface area contributed by atoms with E-state index >= 15 is 0 Å². The van der Waals surface area contributed by atoms with Crippen molar-refractivity contribution in [2.24, 2.45) is 17.6 Å². The average molecular weight is 242 g/mol. The van der Waals surface area contributed by atoms with Crippen LogP contribution in [0.4, 0.5) is 0 Å². The lowest BCUT2D eigenvalue weighted by Crippen LogP contribution is -2.34. The summed E-state index contributed by atoms with van der Waals surface area (Å²) in [7, 11) is 0. The lowest BCUT2D eigenvalue weighted by molar-refractivity contribution is -0.122. The maximum Gasteiger partial charge on any atom is 0.220 e. The Balaban J connectivity index is 2.17. The highest BCUT2D eigenvalue weighted by Crippen LogP contribution is 2.25. The number of carbonyl (C=O) groups is 1. The van der Waals surface area contributed by atoms with Gasteiger partial charge in [-0.15, -0.1) is 0 Å². The van der Waals surface area contributed by atoms with Crippen molar-refractivity contribution in [3.63, 3.8) is 0 Å². The molecular formula is C12H22N2OS. The lowest BCUT2D eigenvalue weighted by Gasteiger charge is -2.21. The van der Waals surface area contributed by atoms with E-state index in [0.717, 1.165) is 0 Å². The van der Waals surface area contributed by atoms with Crippen molar-refractivity contribution in [1.82, 2.24) is 5.32 Å². The van der Waals surface area contributed by atoms with Crippen LogP contribution >= 0.6 is 12.2 Å². The molecule has 0 heterocycles. The molecule has 4 heteroatoms. The molecule has 3 N–H and O–H groups in total. The molecule has 1 fully saturated rings. The van der Waals surface area contributed by atoms with Gasteiger partial charge in [0.05, 0.1) is 4.99 Å². The first-order valence-electron chi connectivity index (χ1n) is 6.15. The van der Waals surface area contributed by atoms with E-state index in [0.29, 0.717) is 23.9 Å². The molecular weight excluding hydrogens is 220 g/mol. The van der Waals surface area contributed by atoms with Crippen LogP contribution in [0, 0.1) is 11.8 Å². The molecule has 0 saturated heterocycles. The van der Waals surface area contributed by atoms with Gasteiger partial charge in [-0.3, -0.25) is 4.79 Å². The Morgan fingerprint density at radius 3 is 2.62 bits per heavy atom. The Labute approximate surface area is 103 Å². The minimum Gasteiger partial charge on any atom is -0.393 e. The molecule has 0 spiro atoms. The SMILES string of the molecule is CC(CNC(=O)CC1CCCCC1)C(N)=S. The molecule has 0 bridgehead atoms. The molecule has 0 aliphatic heterocycles. The molecule has 1 amide bonds. The van der Waals surface area contributed by atoms with Gasteiger partial charge < -0.3 is 11.1 Å². The van der Waals surface area contributed by atoms with Crippen molar-refractivity contribution in [2.75, 3.05) is 6.54 Å². The van der Waals surface area contributed by atoms with Crippen LogP contribution in [-0.4, -0.2) is 17.4 Å². The molecule has 0 aromatic carbocycles. The first kappa shape index (κ1) is 13.4. The lowest BCUT2D eigenvalue weighted by atomic mass is 9.87. The van der Waals surface area contributed by atoms with Crippen molar-refractivity contribution in [3.05, 3.63) is 0 Å². The number of amides is 1. The monoisotopic (exact) mass is 242 g/mol. The quantitative estimate of drug-likeness (QED) is 0.725. The predicted molar refractivity (Wildman–Crippen MR) is 70.2 cm³/mol. The first-order valence-corrected chi connectivity index (χ1v) is 6.56. The fourth-order valence-corrected chi connectivity index (χ4v) is 2.18. The molecule has 92 valence electrons. The highest BCUT2D eigenvalue weighted by atomic mass is 32.1. The second-order valence-electron chi connectivity index (χ2n) is 4.82. The van der Waals surface area contributed by atoms with Gasteiger partial charge >= 0.3 is 0 Å². The van der Waals surface area contributed by atoms with Gasteiger partial charge in [-0.1, -0.05) is 38.4 Å². The van der Waals surface area contributed by atoms with E-state index in [1.54, 1.807) is 0 Å². The zero-order valence-electron chi connectivity index (χ0n) is 10.00. The van der Waals surface area contributed by atoms with Crippen LogP contribution in [0.2, 0.25) is 0 Å². The molecule has 1 unspecified atom stereocenters. The van der Waals surface area contributed by atoms with Crippen LogP contribution in [0.5, 0.6) is 0 Å². The smallest absolute Gasteiger partial charge is 0.220 e. The maximum atomic E-state index is 11.6. The van der Waals surface area contributed by atoms with Gasteiger partial charge in [0.1, 0.15) is 0 Å². The van der Waals surface area contributed by atoms with Crippen LogP contribution in [0.15, 0.2) is 0 Å². The van der Waals surface area contributed by atoms with Crippen molar-refractivity contribution < 1.29 is 4.79 Å². The third kappa shape index (κ3) is 4.92. The van der Waals surface area contributed by atoms with Gasteiger partial charge in [-0.2, -0.15) is 0 Å². The Morgan fingerprint density at radius 1 is 1.44 bits per heavy atom. The van der Waals surface area contributed by atoms with Gasteiger partial charge in [-0.05, 0) is 18.8 Å². The van der Waals surface area contributed by atoms with E-state index in [9.17, 15) is 4.79 Å². The Hall–Kier alpha value is -0.640. The number of carbonyl (C=O) groups excluding carboxylic acids is 1. The fourth-order valence-electron chi connectivity index (χ4n) is 2.09. The summed E-state index contributed by atoms with van der Waals surface area (Å²) in [5.41, 5.74) is 5.49. The van der Waals surface area contributed by atoms with E-state index in [1.807, 2.05) is 6.92 Å². The summed E-state index contributed by atoms with van der Waals surface area (Å²) >= 11 is 4.86. The van der Waals surface area contributed by atoms with E-state index < -0.39 is 0 Å². The van der Waals surface area contributed by atoms with Crippen molar-refractivity contribution in [1.29, 1.82) is 0 Å². The molecule has 0 aromatic heterocycles. The number of nitrogens with two attached hydrogens (primary N) is 1. The largest absolute Gasteiger partial charge is 0.393 e. The van der Waals surface area contributed by atoms with Gasteiger partial charge in [0.15, 0.2) is 0 Å². The highest BCUT2D eigenvalue weighted by Gasteiger charge is 2.17. The summed E-state index contributed by atoms with van der Waals surface area (Å²) in [5, 5.41) is 2.90. The fraction of sp³-hybridized carbons (Fsp3) is 0.833. The molecule has 1 aliphatic rings. The summed E-state index contributed by atoms with van der Waals surface area (Å²) in [6.07, 6.45) is 6.97. The van der Waals surface area contributed by atoms with E-state index in [1.165, 1.54) is 32.1 Å². The van der Waals surface area contributed by atoms with Crippen molar-refractivity contribution >= 4 is 23.1 Å². The van der Waals surface area contributed by atoms with Crippen LogP contribution in [0.25, 0.3) is 0 Å². The topological polar surface area (TPSA) is 55.1 Å². The second kappa shape index (κ2) is 6.84. The minimum absolute atomic E-state index is 0.0882. The van der Waals surface area contributed by atoms with Crippen LogP contribution < -0.4 is 11.1 Å². The third-order valence-corrected chi connectivity index (χ3v) is 3.69. The molecule has 0 radical (unpaired) electrons. The number of thiocarbonyl (C=S) groups is 1. The third-order valence-electron chi connectivity index (χ3n) is 3.29. The van der Waals surface area contributed by atoms with E-state index in [2.05, 4.69) is 5.32 Å². The number of rotatable bonds is 5. The Kier molecular flexibility index (Phi) is 5.74. The molecule has 16 heavy (non-hydrogen) atoms. The molecule has 3 nitrogen and oxygen atoms in total. The summed E-state index contributed by atoms with van der Waals surface area (Å²) in [6.45, 7) is 2.50. The number of nitrogens with one attached hydrogen (secondary N) is 1. The van der Waals surface area contributed by atoms with E-state index in [4.69, 9.17) is 18.0 Å². The first-order chi connectivity index (χ1) is 7.59. The zero-order chi connectivity index (χ0) is 12.0. The average Bonchev–Trinajstić information content (AvgIpc) is 2.27. The molecule has 0 aromatic rings. The standard InChI is InChI=1S/C12H22N2OS/c1-9(12(13)16)8-14-11(15)7-10-5-3-2-4-6-10/h9-10H,2-8H2,1H3,(H2,13,16)(H,14,15). The van der Waals surface area contributed by atoms with Crippen LogP contribution in [0.1, 0.15) is 45.4 Å². The van der Waals surface area contributed by atoms with Crippen LogP contribution in [0.3, 0.4) is 0 Å². The van der Waals surface area contributed by atoms with Crippen molar-refractivity contribution in [3.8, 4) is 0 Å². The van der Waals surface area contributed by atoms with Crippen LogP contribution in [-0.2, 0) is 4.79 Å². The summed E-state index contributed by atoms with van der Waals surface area (Å²) in [4.78, 5) is 12.1. The Bertz CT molecular complexity index is 249. The summed E-state index contributed by atoms with van der Waals surface area (Å²) < 4.78 is 0. The van der Waals surface area contributed by atoms with Gasteiger partial charge in [0.2, 0.25) is 5.91 Å². The predicted octanol–water partition coefficient (Wildman–Crippen LogP) is 2.00. The van der Waals surface area contributed by atoms with Crippen molar-refractivity contribution in [2.45, 2.75) is 45.4 Å². The zero-order valence-corrected chi connectivity index (χ0v) is 10.8. The number of hydrogen-bond acceptors (Lipinski definition) is 2. The van der Waals surface area contributed by atoms with Gasteiger partial charge in [-0.25, -0.2) is 0 Å². The maximum absolute atomic E-state index is 11.6. The summed E-state index contributed by atoms with van der Waals surface area (Å²) in [5.74, 6) is 0.828. The number of hydrogen-bond donors (Lipinski definition) is 2.